The molecule has 0 bridgehead atoms. The molecule has 0 fully saturated rings. The molecule has 1 aromatic carbocycles. The van der Waals surface area contributed by atoms with Crippen LogP contribution in [-0.4, -0.2) is 0 Å². The van der Waals surface area contributed by atoms with Crippen molar-refractivity contribution < 1.29 is 0 Å². The molecule has 0 amide bonds. The first-order chi connectivity index (χ1) is 5.69. The zero-order valence-electron chi connectivity index (χ0n) is 7.39. The van der Waals surface area contributed by atoms with E-state index in [1.165, 1.54) is 0 Å². The van der Waals surface area contributed by atoms with E-state index in [0.717, 1.165) is 28.8 Å². The van der Waals surface area contributed by atoms with Gasteiger partial charge in [-0.15, -0.1) is 0 Å². The van der Waals surface area contributed by atoms with Gasteiger partial charge >= 0.3 is 0 Å². The number of nitriles is 1. The van der Waals surface area contributed by atoms with Crippen molar-refractivity contribution in [2.45, 2.75) is 20.3 Å². The first-order valence-electron chi connectivity index (χ1n) is 3.98. The average Bonchev–Trinajstić information content (AvgIpc) is 2.03. The summed E-state index contributed by atoms with van der Waals surface area (Å²) in [6, 6.07) is 5.88. The van der Waals surface area contributed by atoms with E-state index >= 15 is 0 Å². The highest BCUT2D eigenvalue weighted by molar-refractivity contribution is 5.53. The normalized spacial score (nSPS) is 9.42. The highest BCUT2D eigenvalue weighted by Crippen LogP contribution is 2.18. The molecule has 0 aliphatic carbocycles. The number of aryl methyl sites for hydroxylation is 2. The summed E-state index contributed by atoms with van der Waals surface area (Å²) in [6.45, 7) is 3.93. The van der Waals surface area contributed by atoms with Gasteiger partial charge in [0.1, 0.15) is 0 Å². The quantitative estimate of drug-likeness (QED) is 0.639. The number of benzene rings is 1. The molecule has 62 valence electrons. The molecule has 1 rings (SSSR count). The molecule has 12 heavy (non-hydrogen) atoms. The summed E-state index contributed by atoms with van der Waals surface area (Å²) < 4.78 is 0. The van der Waals surface area contributed by atoms with Crippen LogP contribution in [0.4, 0.5) is 5.69 Å². The number of rotatable bonds is 1. The Balaban J connectivity index is 3.36. The van der Waals surface area contributed by atoms with E-state index in [1.807, 2.05) is 26.0 Å². The topological polar surface area (TPSA) is 49.8 Å². The van der Waals surface area contributed by atoms with Gasteiger partial charge in [0.05, 0.1) is 11.6 Å². The SMILES string of the molecule is CCc1cc(N)cc(C)c1C#N. The summed E-state index contributed by atoms with van der Waals surface area (Å²) in [5.74, 6) is 0. The average molecular weight is 160 g/mol. The van der Waals surface area contributed by atoms with Crippen LogP contribution in [0.1, 0.15) is 23.6 Å². The zero-order valence-corrected chi connectivity index (χ0v) is 7.39. The molecular formula is C10H12N2. The van der Waals surface area contributed by atoms with Crippen LogP contribution in [0.5, 0.6) is 0 Å². The monoisotopic (exact) mass is 160 g/mol. The third kappa shape index (κ3) is 1.40. The molecule has 0 aliphatic heterocycles. The van der Waals surface area contributed by atoms with E-state index in [4.69, 9.17) is 11.0 Å². The summed E-state index contributed by atoms with van der Waals surface area (Å²) in [4.78, 5) is 0. The van der Waals surface area contributed by atoms with Gasteiger partial charge in [-0.3, -0.25) is 0 Å². The lowest BCUT2D eigenvalue weighted by Gasteiger charge is -2.05. The van der Waals surface area contributed by atoms with Gasteiger partial charge in [-0.1, -0.05) is 6.92 Å². The summed E-state index contributed by atoms with van der Waals surface area (Å²) in [5, 5.41) is 8.83. The van der Waals surface area contributed by atoms with E-state index in [0.29, 0.717) is 0 Å². The molecule has 0 saturated heterocycles. The van der Waals surface area contributed by atoms with Crippen molar-refractivity contribution in [3.8, 4) is 6.07 Å². The minimum absolute atomic E-state index is 0.739. The standard InChI is InChI=1S/C10H12N2/c1-3-8-5-9(12)4-7(2)10(8)6-11/h4-5H,3,12H2,1-2H3. The number of anilines is 1. The smallest absolute Gasteiger partial charge is 0.0997 e. The van der Waals surface area contributed by atoms with Crippen molar-refractivity contribution >= 4 is 5.69 Å². The van der Waals surface area contributed by atoms with Crippen molar-refractivity contribution in [3.05, 3.63) is 28.8 Å². The number of nitrogen functional groups attached to an aromatic ring is 1. The van der Waals surface area contributed by atoms with Crippen LogP contribution in [0.2, 0.25) is 0 Å². The molecule has 2 N–H and O–H groups in total. The molecule has 2 nitrogen and oxygen atoms in total. The molecule has 0 saturated carbocycles. The summed E-state index contributed by atoms with van der Waals surface area (Å²) in [5.41, 5.74) is 9.16. The summed E-state index contributed by atoms with van der Waals surface area (Å²) in [7, 11) is 0. The van der Waals surface area contributed by atoms with Gasteiger partial charge in [0.25, 0.3) is 0 Å². The lowest BCUT2D eigenvalue weighted by Crippen LogP contribution is -1.95. The van der Waals surface area contributed by atoms with Gasteiger partial charge in [0.2, 0.25) is 0 Å². The number of hydrogen-bond acceptors (Lipinski definition) is 2. The highest BCUT2D eigenvalue weighted by Gasteiger charge is 2.03. The lowest BCUT2D eigenvalue weighted by atomic mass is 10.0. The van der Waals surface area contributed by atoms with Gasteiger partial charge in [0.15, 0.2) is 0 Å². The minimum atomic E-state index is 0.739. The second-order valence-corrected chi connectivity index (χ2v) is 2.84. The lowest BCUT2D eigenvalue weighted by molar-refractivity contribution is 1.12. The fraction of sp³-hybridized carbons (Fsp3) is 0.300. The Labute approximate surface area is 72.6 Å². The third-order valence-electron chi connectivity index (χ3n) is 1.93. The van der Waals surface area contributed by atoms with Crippen LogP contribution in [0.15, 0.2) is 12.1 Å². The molecule has 0 atom stereocenters. The molecule has 0 radical (unpaired) electrons. The van der Waals surface area contributed by atoms with Crippen LogP contribution in [0.25, 0.3) is 0 Å². The van der Waals surface area contributed by atoms with Crippen LogP contribution >= 0.6 is 0 Å². The number of nitrogens with zero attached hydrogens (tertiary/aromatic N) is 1. The maximum absolute atomic E-state index is 8.83. The second-order valence-electron chi connectivity index (χ2n) is 2.84. The Morgan fingerprint density at radius 2 is 2.17 bits per heavy atom. The van der Waals surface area contributed by atoms with E-state index in [9.17, 15) is 0 Å². The Morgan fingerprint density at radius 3 is 2.67 bits per heavy atom. The Morgan fingerprint density at radius 1 is 1.50 bits per heavy atom. The van der Waals surface area contributed by atoms with Crippen LogP contribution in [0, 0.1) is 18.3 Å². The molecule has 0 heterocycles. The van der Waals surface area contributed by atoms with Gasteiger partial charge in [-0.2, -0.15) is 5.26 Å². The van der Waals surface area contributed by atoms with E-state index < -0.39 is 0 Å². The number of nitrogens with two attached hydrogens (primary N) is 1. The van der Waals surface area contributed by atoms with E-state index in [-0.39, 0.29) is 0 Å². The van der Waals surface area contributed by atoms with Crippen molar-refractivity contribution in [1.82, 2.24) is 0 Å². The highest BCUT2D eigenvalue weighted by atomic mass is 14.5. The van der Waals surface area contributed by atoms with E-state index in [2.05, 4.69) is 6.07 Å². The maximum atomic E-state index is 8.83. The van der Waals surface area contributed by atoms with Crippen LogP contribution < -0.4 is 5.73 Å². The van der Waals surface area contributed by atoms with Crippen molar-refractivity contribution in [2.24, 2.45) is 0 Å². The zero-order chi connectivity index (χ0) is 9.14. The largest absolute Gasteiger partial charge is 0.399 e. The van der Waals surface area contributed by atoms with E-state index in [1.54, 1.807) is 0 Å². The molecular weight excluding hydrogens is 148 g/mol. The molecule has 0 unspecified atom stereocenters. The Hall–Kier alpha value is -1.49. The predicted molar refractivity (Wildman–Crippen MR) is 49.7 cm³/mol. The second kappa shape index (κ2) is 3.27. The molecule has 0 aliphatic rings. The van der Waals surface area contributed by atoms with Gasteiger partial charge in [-0.25, -0.2) is 0 Å². The third-order valence-corrected chi connectivity index (χ3v) is 1.93. The van der Waals surface area contributed by atoms with Crippen molar-refractivity contribution in [1.29, 1.82) is 5.26 Å². The van der Waals surface area contributed by atoms with Crippen LogP contribution in [-0.2, 0) is 6.42 Å². The fourth-order valence-electron chi connectivity index (χ4n) is 1.33. The van der Waals surface area contributed by atoms with Gasteiger partial charge in [-0.05, 0) is 36.6 Å². The van der Waals surface area contributed by atoms with Crippen molar-refractivity contribution in [2.75, 3.05) is 5.73 Å². The van der Waals surface area contributed by atoms with Crippen molar-refractivity contribution in [3.63, 3.8) is 0 Å². The first kappa shape index (κ1) is 8.61. The fourth-order valence-corrected chi connectivity index (χ4v) is 1.33. The van der Waals surface area contributed by atoms with Gasteiger partial charge < -0.3 is 5.73 Å². The molecule has 0 aromatic heterocycles. The molecule has 0 spiro atoms. The van der Waals surface area contributed by atoms with Gasteiger partial charge in [0, 0.05) is 5.69 Å². The summed E-state index contributed by atoms with van der Waals surface area (Å²) in [6.07, 6.45) is 0.856. The van der Waals surface area contributed by atoms with Crippen LogP contribution in [0.3, 0.4) is 0 Å². The first-order valence-corrected chi connectivity index (χ1v) is 3.98. The minimum Gasteiger partial charge on any atom is -0.399 e. The maximum Gasteiger partial charge on any atom is 0.0997 e. The summed E-state index contributed by atoms with van der Waals surface area (Å²) >= 11 is 0. The predicted octanol–water partition coefficient (Wildman–Crippen LogP) is 2.01. The molecule has 2 heteroatoms. The Kier molecular flexibility index (Phi) is 2.35. The Bertz CT molecular complexity index is 334. The number of hydrogen-bond donors (Lipinski definition) is 1. The molecule has 1 aromatic rings.